The summed E-state index contributed by atoms with van der Waals surface area (Å²) < 4.78 is 7.94. The maximum Gasteiger partial charge on any atom is 0.226 e. The number of oxazole rings is 1. The molecule has 0 aliphatic heterocycles. The van der Waals surface area contributed by atoms with Crippen molar-refractivity contribution in [1.29, 1.82) is 0 Å². The molecule has 0 aliphatic carbocycles. The van der Waals surface area contributed by atoms with E-state index in [1.807, 2.05) is 39.1 Å². The van der Waals surface area contributed by atoms with Crippen LogP contribution in [0, 0.1) is 20.8 Å². The number of hydrogen-bond acceptors (Lipinski definition) is 4. The summed E-state index contributed by atoms with van der Waals surface area (Å²) in [5, 5.41) is 0. The first-order valence-corrected chi connectivity index (χ1v) is 8.40. The van der Waals surface area contributed by atoms with Crippen LogP contribution < -0.4 is 0 Å². The van der Waals surface area contributed by atoms with E-state index in [4.69, 9.17) is 4.42 Å². The third-order valence-electron chi connectivity index (χ3n) is 3.65. The van der Waals surface area contributed by atoms with Crippen molar-refractivity contribution in [3.63, 3.8) is 0 Å². The van der Waals surface area contributed by atoms with Crippen LogP contribution in [0.1, 0.15) is 23.0 Å². The van der Waals surface area contributed by atoms with Crippen molar-refractivity contribution in [2.24, 2.45) is 0 Å². The second kappa shape index (κ2) is 6.01. The summed E-state index contributed by atoms with van der Waals surface area (Å²) in [6.45, 7) is 6.65. The molecular weight excluding hydrogens is 294 g/mol. The van der Waals surface area contributed by atoms with Crippen molar-refractivity contribution < 1.29 is 4.42 Å². The Kier molecular flexibility index (Phi) is 4.07. The van der Waals surface area contributed by atoms with Crippen molar-refractivity contribution in [3.05, 3.63) is 53.4 Å². The number of aromatic nitrogens is 3. The van der Waals surface area contributed by atoms with Crippen LogP contribution in [0.15, 0.2) is 39.8 Å². The van der Waals surface area contributed by atoms with Crippen LogP contribution in [0.25, 0.3) is 11.5 Å². The molecule has 0 fully saturated rings. The lowest BCUT2D eigenvalue weighted by atomic mass is 10.2. The van der Waals surface area contributed by atoms with Crippen LogP contribution in [0.4, 0.5) is 0 Å². The molecule has 0 spiro atoms. The van der Waals surface area contributed by atoms with Crippen LogP contribution >= 0.6 is 11.8 Å². The normalized spacial score (nSPS) is 11.1. The van der Waals surface area contributed by atoms with Crippen molar-refractivity contribution in [2.75, 3.05) is 6.26 Å². The summed E-state index contributed by atoms with van der Waals surface area (Å²) in [6, 6.07) is 8.27. The van der Waals surface area contributed by atoms with E-state index in [2.05, 4.69) is 32.9 Å². The van der Waals surface area contributed by atoms with E-state index in [1.165, 1.54) is 4.90 Å². The molecule has 22 heavy (non-hydrogen) atoms. The van der Waals surface area contributed by atoms with Crippen LogP contribution in [0.5, 0.6) is 0 Å². The van der Waals surface area contributed by atoms with E-state index < -0.39 is 0 Å². The Balaban J connectivity index is 1.88. The minimum absolute atomic E-state index is 0.676. The molecule has 0 radical (unpaired) electrons. The molecule has 0 N–H and O–H groups in total. The molecule has 1 aromatic carbocycles. The zero-order valence-electron chi connectivity index (χ0n) is 13.3. The topological polar surface area (TPSA) is 43.9 Å². The average Bonchev–Trinajstić information content (AvgIpc) is 3.02. The maximum absolute atomic E-state index is 5.84. The van der Waals surface area contributed by atoms with Gasteiger partial charge in [0.25, 0.3) is 0 Å². The van der Waals surface area contributed by atoms with Crippen LogP contribution in [-0.4, -0.2) is 20.8 Å². The average molecular weight is 313 g/mol. The standard InChI is InChI=1S/C17H19N3OS/c1-11-9-20(13(3)18-11)10-16-12(2)21-17(19-16)14-5-7-15(22-4)8-6-14/h5-9H,10H2,1-4H3. The van der Waals surface area contributed by atoms with Gasteiger partial charge in [0.1, 0.15) is 17.3 Å². The molecule has 3 aromatic rings. The Hall–Kier alpha value is -2.01. The largest absolute Gasteiger partial charge is 0.441 e. The van der Waals surface area contributed by atoms with Gasteiger partial charge in [0.2, 0.25) is 5.89 Å². The second-order valence-corrected chi connectivity index (χ2v) is 6.19. The number of hydrogen-bond donors (Lipinski definition) is 0. The van der Waals surface area contributed by atoms with Gasteiger partial charge in [-0.25, -0.2) is 9.97 Å². The molecule has 0 saturated heterocycles. The van der Waals surface area contributed by atoms with Gasteiger partial charge in [0.15, 0.2) is 0 Å². The first kappa shape index (κ1) is 14.9. The molecule has 114 valence electrons. The number of benzene rings is 1. The Morgan fingerprint density at radius 1 is 1.09 bits per heavy atom. The molecule has 0 atom stereocenters. The summed E-state index contributed by atoms with van der Waals surface area (Å²) in [6.07, 6.45) is 4.11. The van der Waals surface area contributed by atoms with E-state index in [9.17, 15) is 0 Å². The Morgan fingerprint density at radius 2 is 1.82 bits per heavy atom. The number of imidazole rings is 1. The Bertz CT molecular complexity index is 787. The van der Waals surface area contributed by atoms with Gasteiger partial charge >= 0.3 is 0 Å². The Labute approximate surface area is 134 Å². The minimum atomic E-state index is 0.676. The zero-order chi connectivity index (χ0) is 15.7. The second-order valence-electron chi connectivity index (χ2n) is 5.31. The van der Waals surface area contributed by atoms with Gasteiger partial charge in [-0.05, 0) is 51.3 Å². The summed E-state index contributed by atoms with van der Waals surface area (Å²) in [4.78, 5) is 10.3. The summed E-state index contributed by atoms with van der Waals surface area (Å²) in [7, 11) is 0. The summed E-state index contributed by atoms with van der Waals surface area (Å²) >= 11 is 1.73. The predicted molar refractivity (Wildman–Crippen MR) is 89.3 cm³/mol. The fraction of sp³-hybridized carbons (Fsp3) is 0.294. The van der Waals surface area contributed by atoms with Gasteiger partial charge < -0.3 is 8.98 Å². The van der Waals surface area contributed by atoms with E-state index in [0.717, 1.165) is 28.5 Å². The van der Waals surface area contributed by atoms with Gasteiger partial charge in [-0.2, -0.15) is 0 Å². The fourth-order valence-corrected chi connectivity index (χ4v) is 2.83. The third-order valence-corrected chi connectivity index (χ3v) is 4.39. The SMILES string of the molecule is CSc1ccc(-c2nc(Cn3cc(C)nc3C)c(C)o2)cc1. The highest BCUT2D eigenvalue weighted by Crippen LogP contribution is 2.25. The summed E-state index contributed by atoms with van der Waals surface area (Å²) in [5.74, 6) is 2.52. The van der Waals surface area contributed by atoms with Crippen molar-refractivity contribution in [1.82, 2.24) is 14.5 Å². The van der Waals surface area contributed by atoms with Crippen LogP contribution in [0.2, 0.25) is 0 Å². The first-order chi connectivity index (χ1) is 10.6. The number of thioether (sulfide) groups is 1. The quantitative estimate of drug-likeness (QED) is 0.676. The van der Waals surface area contributed by atoms with Crippen LogP contribution in [0.3, 0.4) is 0 Å². The van der Waals surface area contributed by atoms with E-state index in [-0.39, 0.29) is 0 Å². The molecule has 0 aliphatic rings. The third kappa shape index (κ3) is 2.95. The fourth-order valence-electron chi connectivity index (χ4n) is 2.42. The van der Waals surface area contributed by atoms with Gasteiger partial charge in [-0.1, -0.05) is 0 Å². The first-order valence-electron chi connectivity index (χ1n) is 7.18. The molecule has 0 saturated carbocycles. The molecule has 0 unspecified atom stereocenters. The Morgan fingerprint density at radius 3 is 2.41 bits per heavy atom. The van der Waals surface area contributed by atoms with Crippen LogP contribution in [-0.2, 0) is 6.54 Å². The van der Waals surface area contributed by atoms with E-state index in [0.29, 0.717) is 12.4 Å². The molecule has 5 heteroatoms. The van der Waals surface area contributed by atoms with Gasteiger partial charge in [0.05, 0.1) is 12.2 Å². The predicted octanol–water partition coefficient (Wildman–Crippen LogP) is 4.23. The van der Waals surface area contributed by atoms with Crippen molar-refractivity contribution in [3.8, 4) is 11.5 Å². The highest BCUT2D eigenvalue weighted by molar-refractivity contribution is 7.98. The van der Waals surface area contributed by atoms with Gasteiger partial charge in [-0.3, -0.25) is 0 Å². The molecule has 4 nitrogen and oxygen atoms in total. The van der Waals surface area contributed by atoms with Crippen molar-refractivity contribution >= 4 is 11.8 Å². The van der Waals surface area contributed by atoms with Gasteiger partial charge in [0, 0.05) is 16.7 Å². The summed E-state index contributed by atoms with van der Waals surface area (Å²) in [5.41, 5.74) is 2.97. The number of nitrogens with zero attached hydrogens (tertiary/aromatic N) is 3. The highest BCUT2D eigenvalue weighted by Gasteiger charge is 2.13. The van der Waals surface area contributed by atoms with E-state index in [1.54, 1.807) is 11.8 Å². The zero-order valence-corrected chi connectivity index (χ0v) is 14.1. The highest BCUT2D eigenvalue weighted by atomic mass is 32.2. The molecule has 2 aromatic heterocycles. The molecule has 2 heterocycles. The molecular formula is C17H19N3OS. The maximum atomic E-state index is 5.84. The molecule has 0 bridgehead atoms. The lowest BCUT2D eigenvalue weighted by Crippen LogP contribution is -2.02. The molecule has 0 amide bonds. The lowest BCUT2D eigenvalue weighted by Gasteiger charge is -2.01. The van der Waals surface area contributed by atoms with E-state index >= 15 is 0 Å². The lowest BCUT2D eigenvalue weighted by molar-refractivity contribution is 0.537. The number of aryl methyl sites for hydroxylation is 3. The minimum Gasteiger partial charge on any atom is -0.441 e. The monoisotopic (exact) mass is 313 g/mol. The number of rotatable bonds is 4. The molecule has 3 rings (SSSR count). The smallest absolute Gasteiger partial charge is 0.226 e. The van der Waals surface area contributed by atoms with Crippen molar-refractivity contribution in [2.45, 2.75) is 32.2 Å². The van der Waals surface area contributed by atoms with Gasteiger partial charge in [-0.15, -0.1) is 11.8 Å².